The van der Waals surface area contributed by atoms with Crippen LogP contribution in [0.2, 0.25) is 0 Å². The molecule has 16 heavy (non-hydrogen) atoms. The van der Waals surface area contributed by atoms with Crippen LogP contribution in [-0.4, -0.2) is 17.6 Å². The normalized spacial score (nSPS) is 11.3. The topological polar surface area (TPSA) is 39.2 Å². The van der Waals surface area contributed by atoms with Gasteiger partial charge in [-0.05, 0) is 13.0 Å². The summed E-state index contributed by atoms with van der Waals surface area (Å²) in [5.74, 6) is -0.753. The highest BCUT2D eigenvalue weighted by atomic mass is 79.9. The van der Waals surface area contributed by atoms with Gasteiger partial charge in [0.25, 0.3) is 0 Å². The van der Waals surface area contributed by atoms with E-state index in [0.717, 1.165) is 6.07 Å². The molecule has 3 nitrogen and oxygen atoms in total. The van der Waals surface area contributed by atoms with E-state index in [-0.39, 0.29) is 16.8 Å². The first-order valence-corrected chi connectivity index (χ1v) is 5.05. The van der Waals surface area contributed by atoms with Gasteiger partial charge in [0, 0.05) is 10.7 Å². The Morgan fingerprint density at radius 2 is 2.19 bits per heavy atom. The second-order valence-electron chi connectivity index (χ2n) is 2.77. The predicted molar refractivity (Wildman–Crippen MR) is 52.9 cm³/mol. The van der Waals surface area contributed by atoms with Crippen molar-refractivity contribution in [2.75, 3.05) is 6.61 Å². The Kier molecular flexibility index (Phi) is 3.90. The number of pyridine rings is 1. The number of nitrogens with zero attached hydrogens (tertiary/aromatic N) is 1. The third-order valence-corrected chi connectivity index (χ3v) is 2.30. The van der Waals surface area contributed by atoms with Gasteiger partial charge in [0.2, 0.25) is 0 Å². The molecule has 0 aliphatic carbocycles. The lowest BCUT2D eigenvalue weighted by atomic mass is 10.2. The molecule has 0 fully saturated rings. The number of ether oxygens (including phenoxy) is 1. The summed E-state index contributed by atoms with van der Waals surface area (Å²) in [6, 6.07) is 0.987. The van der Waals surface area contributed by atoms with Crippen LogP contribution in [0.3, 0.4) is 0 Å². The highest BCUT2D eigenvalue weighted by Crippen LogP contribution is 2.34. The van der Waals surface area contributed by atoms with Gasteiger partial charge in [0.1, 0.15) is 5.69 Å². The summed E-state index contributed by atoms with van der Waals surface area (Å²) in [6.45, 7) is 1.73. The maximum atomic E-state index is 12.3. The number of alkyl halides is 3. The van der Waals surface area contributed by atoms with Crippen LogP contribution < -0.4 is 0 Å². The Morgan fingerprint density at radius 1 is 1.56 bits per heavy atom. The van der Waals surface area contributed by atoms with Crippen molar-refractivity contribution in [3.05, 3.63) is 28.0 Å². The fourth-order valence-electron chi connectivity index (χ4n) is 0.956. The number of hydrogen-bond donors (Lipinski definition) is 0. The second-order valence-corrected chi connectivity index (χ2v) is 3.62. The molecular formula is C9H7BrF3NO2. The molecule has 0 aromatic carbocycles. The van der Waals surface area contributed by atoms with Crippen LogP contribution in [0.25, 0.3) is 0 Å². The number of aromatic nitrogens is 1. The standard InChI is InChI=1S/C9H7BrF3NO2/c1-2-16-8(15)7-3-6(10)5(4-14-7)9(11,12)13/h3-4H,2H2,1H3. The zero-order valence-electron chi connectivity index (χ0n) is 8.14. The number of carbonyl (C=O) groups is 1. The maximum absolute atomic E-state index is 12.3. The van der Waals surface area contributed by atoms with Crippen molar-refractivity contribution >= 4 is 21.9 Å². The van der Waals surface area contributed by atoms with Gasteiger partial charge in [-0.15, -0.1) is 0 Å². The summed E-state index contributed by atoms with van der Waals surface area (Å²) in [7, 11) is 0. The third-order valence-electron chi connectivity index (χ3n) is 1.64. The van der Waals surface area contributed by atoms with Crippen LogP contribution in [0, 0.1) is 0 Å². The zero-order valence-corrected chi connectivity index (χ0v) is 9.72. The quantitative estimate of drug-likeness (QED) is 0.788. The van der Waals surface area contributed by atoms with Crippen molar-refractivity contribution in [1.82, 2.24) is 4.98 Å². The highest BCUT2D eigenvalue weighted by molar-refractivity contribution is 9.10. The van der Waals surface area contributed by atoms with Gasteiger partial charge in [0.05, 0.1) is 12.2 Å². The first-order valence-electron chi connectivity index (χ1n) is 4.26. The van der Waals surface area contributed by atoms with E-state index in [2.05, 4.69) is 25.7 Å². The molecule has 7 heteroatoms. The Morgan fingerprint density at radius 3 is 2.62 bits per heavy atom. The first kappa shape index (κ1) is 13.0. The van der Waals surface area contributed by atoms with Gasteiger partial charge < -0.3 is 4.74 Å². The van der Waals surface area contributed by atoms with Gasteiger partial charge in [-0.1, -0.05) is 15.9 Å². The van der Waals surface area contributed by atoms with E-state index < -0.39 is 17.7 Å². The van der Waals surface area contributed by atoms with Crippen LogP contribution in [0.4, 0.5) is 13.2 Å². The van der Waals surface area contributed by atoms with Gasteiger partial charge in [0.15, 0.2) is 0 Å². The molecule has 1 aromatic rings. The molecule has 0 amide bonds. The summed E-state index contributed by atoms with van der Waals surface area (Å²) in [5, 5.41) is 0. The minimum atomic E-state index is -4.50. The molecule has 0 aliphatic rings. The van der Waals surface area contributed by atoms with Gasteiger partial charge >= 0.3 is 12.1 Å². The lowest BCUT2D eigenvalue weighted by molar-refractivity contribution is -0.138. The Balaban J connectivity index is 3.05. The van der Waals surface area contributed by atoms with E-state index in [1.54, 1.807) is 6.92 Å². The maximum Gasteiger partial charge on any atom is 0.418 e. The van der Waals surface area contributed by atoms with E-state index >= 15 is 0 Å². The van der Waals surface area contributed by atoms with Crippen LogP contribution in [0.5, 0.6) is 0 Å². The molecule has 0 aliphatic heterocycles. The molecule has 1 aromatic heterocycles. The minimum Gasteiger partial charge on any atom is -0.461 e. The van der Waals surface area contributed by atoms with Crippen molar-refractivity contribution in [1.29, 1.82) is 0 Å². The van der Waals surface area contributed by atoms with Crippen LogP contribution >= 0.6 is 15.9 Å². The molecule has 0 radical (unpaired) electrons. The minimum absolute atomic E-state index is 0.138. The average molecular weight is 298 g/mol. The van der Waals surface area contributed by atoms with Crippen molar-refractivity contribution in [3.8, 4) is 0 Å². The molecule has 0 spiro atoms. The smallest absolute Gasteiger partial charge is 0.418 e. The van der Waals surface area contributed by atoms with E-state index in [0.29, 0.717) is 6.20 Å². The summed E-state index contributed by atoms with van der Waals surface area (Å²) in [5.41, 5.74) is -1.10. The molecule has 1 heterocycles. The van der Waals surface area contributed by atoms with E-state index in [4.69, 9.17) is 0 Å². The molecule has 0 atom stereocenters. The Hall–Kier alpha value is -1.11. The van der Waals surface area contributed by atoms with E-state index in [9.17, 15) is 18.0 Å². The lowest BCUT2D eigenvalue weighted by Crippen LogP contribution is -2.11. The Labute approximate surface area is 97.8 Å². The average Bonchev–Trinajstić information content (AvgIpc) is 2.16. The fourth-order valence-corrected chi connectivity index (χ4v) is 1.50. The van der Waals surface area contributed by atoms with Crippen molar-refractivity contribution in [2.24, 2.45) is 0 Å². The predicted octanol–water partition coefficient (Wildman–Crippen LogP) is 3.04. The SMILES string of the molecule is CCOC(=O)c1cc(Br)c(C(F)(F)F)cn1. The number of hydrogen-bond acceptors (Lipinski definition) is 3. The van der Waals surface area contributed by atoms with Crippen molar-refractivity contribution in [3.63, 3.8) is 0 Å². The van der Waals surface area contributed by atoms with Crippen molar-refractivity contribution < 1.29 is 22.7 Å². The lowest BCUT2D eigenvalue weighted by Gasteiger charge is -2.09. The van der Waals surface area contributed by atoms with Crippen molar-refractivity contribution in [2.45, 2.75) is 13.1 Å². The molecule has 0 bridgehead atoms. The molecule has 0 saturated carbocycles. The molecule has 1 rings (SSSR count). The van der Waals surface area contributed by atoms with Crippen LogP contribution in [0.15, 0.2) is 16.7 Å². The van der Waals surface area contributed by atoms with Crippen LogP contribution in [0.1, 0.15) is 23.0 Å². The van der Waals surface area contributed by atoms with E-state index in [1.165, 1.54) is 0 Å². The second kappa shape index (κ2) is 4.82. The monoisotopic (exact) mass is 297 g/mol. The van der Waals surface area contributed by atoms with Gasteiger partial charge in [-0.2, -0.15) is 13.2 Å². The van der Waals surface area contributed by atoms with Gasteiger partial charge in [-0.3, -0.25) is 0 Å². The molecule has 0 saturated heterocycles. The first-order chi connectivity index (χ1) is 7.36. The third kappa shape index (κ3) is 2.94. The number of rotatable bonds is 2. The largest absolute Gasteiger partial charge is 0.461 e. The molecule has 0 unspecified atom stereocenters. The number of carbonyl (C=O) groups excluding carboxylic acids is 1. The molecular weight excluding hydrogens is 291 g/mol. The zero-order chi connectivity index (χ0) is 12.3. The summed E-state index contributed by atoms with van der Waals surface area (Å²) in [4.78, 5) is 14.6. The summed E-state index contributed by atoms with van der Waals surface area (Å²) >= 11 is 2.73. The van der Waals surface area contributed by atoms with Crippen LogP contribution in [-0.2, 0) is 10.9 Å². The fraction of sp³-hybridized carbons (Fsp3) is 0.333. The molecule has 0 N–H and O–H groups in total. The van der Waals surface area contributed by atoms with E-state index in [1.807, 2.05) is 0 Å². The number of esters is 1. The Bertz CT molecular complexity index is 406. The molecule has 88 valence electrons. The highest BCUT2D eigenvalue weighted by Gasteiger charge is 2.33. The van der Waals surface area contributed by atoms with Gasteiger partial charge in [-0.25, -0.2) is 9.78 Å². The number of halogens is 4. The summed E-state index contributed by atoms with van der Waals surface area (Å²) in [6.07, 6.45) is -3.91. The summed E-state index contributed by atoms with van der Waals surface area (Å²) < 4.78 is 41.4.